The first kappa shape index (κ1) is 19.4. The molecule has 29 heavy (non-hydrogen) atoms. The minimum absolute atomic E-state index is 0.00393. The van der Waals surface area contributed by atoms with E-state index < -0.39 is 5.91 Å². The van der Waals surface area contributed by atoms with Crippen molar-refractivity contribution in [1.29, 1.82) is 0 Å². The highest BCUT2D eigenvalue weighted by Gasteiger charge is 2.19. The van der Waals surface area contributed by atoms with Crippen LogP contribution in [-0.4, -0.2) is 24.1 Å². The summed E-state index contributed by atoms with van der Waals surface area (Å²) in [6.07, 6.45) is 4.16. The van der Waals surface area contributed by atoms with Gasteiger partial charge in [0.05, 0.1) is 12.2 Å². The molecule has 1 aliphatic heterocycles. The number of primary amides is 1. The summed E-state index contributed by atoms with van der Waals surface area (Å²) < 4.78 is 5.66. The van der Waals surface area contributed by atoms with Gasteiger partial charge in [-0.2, -0.15) is 0 Å². The Hall–Kier alpha value is -2.92. The molecule has 1 amide bonds. The number of pyridine rings is 1. The van der Waals surface area contributed by atoms with E-state index in [0.717, 1.165) is 42.8 Å². The van der Waals surface area contributed by atoms with Crippen molar-refractivity contribution < 1.29 is 9.53 Å². The van der Waals surface area contributed by atoms with Crippen LogP contribution < -0.4 is 11.1 Å². The molecular weight excluding hydrogens is 362 g/mol. The van der Waals surface area contributed by atoms with Gasteiger partial charge in [-0.3, -0.25) is 9.78 Å². The van der Waals surface area contributed by atoms with Crippen LogP contribution in [0, 0.1) is 6.92 Å². The van der Waals surface area contributed by atoms with Crippen molar-refractivity contribution in [2.24, 2.45) is 5.73 Å². The largest absolute Gasteiger partial charge is 0.381 e. The fraction of sp³-hybridized carbons (Fsp3) is 0.333. The molecule has 1 saturated heterocycles. The molecule has 1 unspecified atom stereocenters. The number of para-hydroxylation sites is 1. The van der Waals surface area contributed by atoms with Crippen molar-refractivity contribution >= 4 is 22.4 Å². The second kappa shape index (κ2) is 8.21. The highest BCUT2D eigenvalue weighted by molar-refractivity contribution is 5.98. The summed E-state index contributed by atoms with van der Waals surface area (Å²) in [5.41, 5.74) is 10.2. The van der Waals surface area contributed by atoms with Gasteiger partial charge in [-0.25, -0.2) is 0 Å². The number of nitrogens with zero attached hydrogens (tertiary/aromatic N) is 1. The van der Waals surface area contributed by atoms with E-state index in [2.05, 4.69) is 37.4 Å². The van der Waals surface area contributed by atoms with E-state index in [0.29, 0.717) is 11.5 Å². The Morgan fingerprint density at radius 3 is 2.86 bits per heavy atom. The SMILES string of the molecule is Cc1cc([C@@H](C)Nc2ccccc2C(N)=O)c2cc(C3CCCOC3)ncc2c1. The van der Waals surface area contributed by atoms with E-state index in [9.17, 15) is 4.79 Å². The summed E-state index contributed by atoms with van der Waals surface area (Å²) in [5, 5.41) is 5.79. The first-order chi connectivity index (χ1) is 14.0. The van der Waals surface area contributed by atoms with Gasteiger partial charge >= 0.3 is 0 Å². The number of rotatable bonds is 5. The molecule has 2 aromatic carbocycles. The lowest BCUT2D eigenvalue weighted by molar-refractivity contribution is 0.0793. The van der Waals surface area contributed by atoms with Crippen molar-refractivity contribution in [3.63, 3.8) is 0 Å². The number of anilines is 1. The van der Waals surface area contributed by atoms with Crippen LogP contribution in [-0.2, 0) is 4.74 Å². The number of nitrogens with one attached hydrogen (secondary N) is 1. The first-order valence-corrected chi connectivity index (χ1v) is 10.2. The lowest BCUT2D eigenvalue weighted by Gasteiger charge is -2.23. The van der Waals surface area contributed by atoms with Gasteiger partial charge in [0.25, 0.3) is 5.91 Å². The zero-order valence-corrected chi connectivity index (χ0v) is 16.9. The van der Waals surface area contributed by atoms with Gasteiger partial charge in [0.2, 0.25) is 0 Å². The molecule has 2 atom stereocenters. The zero-order valence-electron chi connectivity index (χ0n) is 16.9. The zero-order chi connectivity index (χ0) is 20.4. The Morgan fingerprint density at radius 2 is 2.10 bits per heavy atom. The monoisotopic (exact) mass is 389 g/mol. The van der Waals surface area contributed by atoms with Crippen LogP contribution in [0.25, 0.3) is 10.8 Å². The molecule has 3 N–H and O–H groups in total. The quantitative estimate of drug-likeness (QED) is 0.662. The number of hydrogen-bond donors (Lipinski definition) is 2. The Morgan fingerprint density at radius 1 is 1.28 bits per heavy atom. The van der Waals surface area contributed by atoms with E-state index in [1.807, 2.05) is 24.4 Å². The van der Waals surface area contributed by atoms with Gasteiger partial charge in [0.15, 0.2) is 0 Å². The molecule has 1 aromatic heterocycles. The van der Waals surface area contributed by atoms with E-state index in [-0.39, 0.29) is 6.04 Å². The maximum Gasteiger partial charge on any atom is 0.250 e. The number of aryl methyl sites for hydroxylation is 1. The normalized spacial score (nSPS) is 17.8. The topological polar surface area (TPSA) is 77.2 Å². The minimum Gasteiger partial charge on any atom is -0.381 e. The number of ether oxygens (including phenoxy) is 1. The lowest BCUT2D eigenvalue weighted by atomic mass is 9.93. The molecular formula is C24H27N3O2. The van der Waals surface area contributed by atoms with Gasteiger partial charge in [-0.15, -0.1) is 0 Å². The first-order valence-electron chi connectivity index (χ1n) is 10.2. The van der Waals surface area contributed by atoms with Crippen molar-refractivity contribution in [2.45, 2.75) is 38.6 Å². The predicted octanol–water partition coefficient (Wildman–Crippen LogP) is 4.71. The minimum atomic E-state index is -0.432. The standard InChI is InChI=1S/C24H27N3O2/c1-15-10-18-13-26-23(17-6-5-9-29-14-17)12-21(18)20(11-15)16(2)27-22-8-4-3-7-19(22)24(25)28/h3-4,7-8,10-13,16-17,27H,5-6,9,14H2,1-2H3,(H2,25,28)/t16-,17?/m1/s1. The van der Waals surface area contributed by atoms with Gasteiger partial charge in [0, 0.05) is 41.5 Å². The molecule has 5 heteroatoms. The average Bonchev–Trinajstić information content (AvgIpc) is 2.73. The Bertz CT molecular complexity index is 1040. The molecule has 0 spiro atoms. The van der Waals surface area contributed by atoms with E-state index in [4.69, 9.17) is 15.5 Å². The van der Waals surface area contributed by atoms with Crippen LogP contribution in [0.15, 0.2) is 48.7 Å². The van der Waals surface area contributed by atoms with E-state index in [1.165, 1.54) is 16.5 Å². The molecule has 0 aliphatic carbocycles. The number of fused-ring (bicyclic) bond motifs is 1. The molecule has 4 rings (SSSR count). The van der Waals surface area contributed by atoms with E-state index >= 15 is 0 Å². The number of hydrogen-bond acceptors (Lipinski definition) is 4. The number of carbonyl (C=O) groups excluding carboxylic acids is 1. The highest BCUT2D eigenvalue weighted by Crippen LogP contribution is 2.32. The van der Waals surface area contributed by atoms with E-state index in [1.54, 1.807) is 6.07 Å². The summed E-state index contributed by atoms with van der Waals surface area (Å²) in [6, 6.07) is 13.9. The third kappa shape index (κ3) is 4.10. The molecule has 1 aliphatic rings. The fourth-order valence-electron chi connectivity index (χ4n) is 4.15. The van der Waals surface area contributed by atoms with Crippen LogP contribution in [0.3, 0.4) is 0 Å². The lowest BCUT2D eigenvalue weighted by Crippen LogP contribution is -2.17. The second-order valence-electron chi connectivity index (χ2n) is 7.87. The number of nitrogens with two attached hydrogens (primary N) is 1. The second-order valence-corrected chi connectivity index (χ2v) is 7.87. The maximum absolute atomic E-state index is 11.8. The summed E-state index contributed by atoms with van der Waals surface area (Å²) >= 11 is 0. The van der Waals surface area contributed by atoms with Crippen LogP contribution in [0.4, 0.5) is 5.69 Å². The van der Waals surface area contributed by atoms with Crippen LogP contribution in [0.1, 0.15) is 58.9 Å². The number of aromatic nitrogens is 1. The van der Waals surface area contributed by atoms with Crippen LogP contribution >= 0.6 is 0 Å². The summed E-state index contributed by atoms with van der Waals surface area (Å²) in [4.78, 5) is 16.5. The number of amides is 1. The van der Waals surface area contributed by atoms with Gasteiger partial charge in [-0.1, -0.05) is 23.8 Å². The number of benzene rings is 2. The molecule has 5 nitrogen and oxygen atoms in total. The molecule has 2 heterocycles. The molecule has 0 saturated carbocycles. The highest BCUT2D eigenvalue weighted by atomic mass is 16.5. The number of carbonyl (C=O) groups is 1. The van der Waals surface area contributed by atoms with Crippen molar-refractivity contribution in [1.82, 2.24) is 4.98 Å². The van der Waals surface area contributed by atoms with Crippen molar-refractivity contribution in [3.8, 4) is 0 Å². The Balaban J connectivity index is 1.72. The average molecular weight is 389 g/mol. The van der Waals surface area contributed by atoms with Gasteiger partial charge in [0.1, 0.15) is 0 Å². The molecule has 0 bridgehead atoms. The summed E-state index contributed by atoms with van der Waals surface area (Å²) in [5.74, 6) is -0.0839. The molecule has 150 valence electrons. The van der Waals surface area contributed by atoms with Crippen molar-refractivity contribution in [3.05, 3.63) is 71.0 Å². The molecule has 3 aromatic rings. The van der Waals surface area contributed by atoms with Crippen LogP contribution in [0.2, 0.25) is 0 Å². The fourth-order valence-corrected chi connectivity index (χ4v) is 4.15. The smallest absolute Gasteiger partial charge is 0.250 e. The third-order valence-corrected chi connectivity index (χ3v) is 5.64. The summed E-state index contributed by atoms with van der Waals surface area (Å²) in [6.45, 7) is 5.78. The maximum atomic E-state index is 11.8. The Labute approximate surface area is 171 Å². The summed E-state index contributed by atoms with van der Waals surface area (Å²) in [7, 11) is 0. The van der Waals surface area contributed by atoms with Crippen LogP contribution in [0.5, 0.6) is 0 Å². The Kier molecular flexibility index (Phi) is 5.49. The van der Waals surface area contributed by atoms with Gasteiger partial charge in [-0.05, 0) is 61.9 Å². The van der Waals surface area contributed by atoms with Crippen molar-refractivity contribution in [2.75, 3.05) is 18.5 Å². The molecule has 1 fully saturated rings. The third-order valence-electron chi connectivity index (χ3n) is 5.64. The predicted molar refractivity (Wildman–Crippen MR) is 116 cm³/mol. The van der Waals surface area contributed by atoms with Gasteiger partial charge < -0.3 is 15.8 Å². The molecule has 0 radical (unpaired) electrons.